The molecular weight excluding hydrogens is 286 g/mol. The zero-order valence-corrected chi connectivity index (χ0v) is 14.3. The average molecular weight is 311 g/mol. The smallest absolute Gasteiger partial charge is 0.224 e. The molecule has 3 nitrogen and oxygen atoms in total. The SMILES string of the molecule is Cc1ccc(CC(=O)N[C@H](C)COc2ccccc2C)cc1C. The van der Waals surface area contributed by atoms with E-state index >= 15 is 0 Å². The Balaban J connectivity index is 1.82. The van der Waals surface area contributed by atoms with Crippen LogP contribution in [0.1, 0.15) is 29.2 Å². The number of ether oxygens (including phenoxy) is 1. The summed E-state index contributed by atoms with van der Waals surface area (Å²) < 4.78 is 5.77. The van der Waals surface area contributed by atoms with Gasteiger partial charge in [-0.2, -0.15) is 0 Å². The number of hydrogen-bond donors (Lipinski definition) is 1. The van der Waals surface area contributed by atoms with Gasteiger partial charge in [0.1, 0.15) is 12.4 Å². The number of benzene rings is 2. The van der Waals surface area contributed by atoms with Crippen LogP contribution in [0.4, 0.5) is 0 Å². The fraction of sp³-hybridized carbons (Fsp3) is 0.350. The van der Waals surface area contributed by atoms with E-state index in [4.69, 9.17) is 4.74 Å². The van der Waals surface area contributed by atoms with Gasteiger partial charge in [-0.3, -0.25) is 4.79 Å². The van der Waals surface area contributed by atoms with Crippen LogP contribution in [0.15, 0.2) is 42.5 Å². The zero-order chi connectivity index (χ0) is 16.8. The number of hydrogen-bond acceptors (Lipinski definition) is 2. The van der Waals surface area contributed by atoms with Crippen molar-refractivity contribution in [2.45, 2.75) is 40.2 Å². The maximum atomic E-state index is 12.1. The van der Waals surface area contributed by atoms with E-state index in [0.29, 0.717) is 13.0 Å². The molecule has 0 aromatic heterocycles. The Morgan fingerprint density at radius 2 is 1.78 bits per heavy atom. The lowest BCUT2D eigenvalue weighted by Crippen LogP contribution is -2.37. The summed E-state index contributed by atoms with van der Waals surface area (Å²) in [6, 6.07) is 14.0. The number of nitrogens with one attached hydrogen (secondary N) is 1. The first-order valence-corrected chi connectivity index (χ1v) is 7.99. The Bertz CT molecular complexity index is 679. The van der Waals surface area contributed by atoms with Crippen molar-refractivity contribution in [3.63, 3.8) is 0 Å². The molecule has 0 unspecified atom stereocenters. The second-order valence-corrected chi connectivity index (χ2v) is 6.14. The van der Waals surface area contributed by atoms with E-state index < -0.39 is 0 Å². The molecule has 0 saturated heterocycles. The lowest BCUT2D eigenvalue weighted by atomic mass is 10.0. The summed E-state index contributed by atoms with van der Waals surface area (Å²) in [5.74, 6) is 0.886. The Labute approximate surface area is 138 Å². The van der Waals surface area contributed by atoms with Gasteiger partial charge >= 0.3 is 0 Å². The van der Waals surface area contributed by atoms with Gasteiger partial charge in [-0.05, 0) is 56.0 Å². The molecule has 2 aromatic carbocycles. The van der Waals surface area contributed by atoms with E-state index in [1.54, 1.807) is 0 Å². The van der Waals surface area contributed by atoms with E-state index in [1.165, 1.54) is 11.1 Å². The van der Waals surface area contributed by atoms with Crippen LogP contribution in [0.3, 0.4) is 0 Å². The molecule has 0 saturated carbocycles. The van der Waals surface area contributed by atoms with Gasteiger partial charge in [0.05, 0.1) is 12.5 Å². The normalized spacial score (nSPS) is 11.8. The fourth-order valence-corrected chi connectivity index (χ4v) is 2.40. The fourth-order valence-electron chi connectivity index (χ4n) is 2.40. The molecule has 0 fully saturated rings. The minimum Gasteiger partial charge on any atom is -0.491 e. The Morgan fingerprint density at radius 3 is 2.48 bits per heavy atom. The molecule has 1 amide bonds. The summed E-state index contributed by atoms with van der Waals surface area (Å²) in [4.78, 5) is 12.1. The van der Waals surface area contributed by atoms with Crippen molar-refractivity contribution >= 4 is 5.91 Å². The van der Waals surface area contributed by atoms with Crippen LogP contribution < -0.4 is 10.1 Å². The van der Waals surface area contributed by atoms with E-state index in [9.17, 15) is 4.79 Å². The second-order valence-electron chi connectivity index (χ2n) is 6.14. The Morgan fingerprint density at radius 1 is 1.04 bits per heavy atom. The highest BCUT2D eigenvalue weighted by Gasteiger charge is 2.10. The van der Waals surface area contributed by atoms with Crippen molar-refractivity contribution in [1.29, 1.82) is 0 Å². The van der Waals surface area contributed by atoms with Crippen molar-refractivity contribution in [1.82, 2.24) is 5.32 Å². The van der Waals surface area contributed by atoms with Gasteiger partial charge in [0.15, 0.2) is 0 Å². The number of amides is 1. The summed E-state index contributed by atoms with van der Waals surface area (Å²) in [6.45, 7) is 8.57. The molecule has 1 atom stereocenters. The number of aryl methyl sites for hydroxylation is 3. The maximum absolute atomic E-state index is 12.1. The van der Waals surface area contributed by atoms with Crippen molar-refractivity contribution in [3.8, 4) is 5.75 Å². The first-order chi connectivity index (χ1) is 11.0. The van der Waals surface area contributed by atoms with E-state index in [0.717, 1.165) is 16.9 Å². The molecule has 3 heteroatoms. The third-order valence-electron chi connectivity index (χ3n) is 3.93. The lowest BCUT2D eigenvalue weighted by molar-refractivity contribution is -0.121. The first kappa shape index (κ1) is 17.1. The highest BCUT2D eigenvalue weighted by atomic mass is 16.5. The third-order valence-corrected chi connectivity index (χ3v) is 3.93. The molecule has 0 aliphatic heterocycles. The molecule has 0 bridgehead atoms. The van der Waals surface area contributed by atoms with Crippen LogP contribution in [0.5, 0.6) is 5.75 Å². The van der Waals surface area contributed by atoms with Crippen molar-refractivity contribution in [3.05, 3.63) is 64.7 Å². The van der Waals surface area contributed by atoms with Crippen LogP contribution >= 0.6 is 0 Å². The molecule has 2 aromatic rings. The van der Waals surface area contributed by atoms with Gasteiger partial charge in [0.2, 0.25) is 5.91 Å². The minimum absolute atomic E-state index is 0.0223. The molecule has 23 heavy (non-hydrogen) atoms. The zero-order valence-electron chi connectivity index (χ0n) is 14.3. The third kappa shape index (κ3) is 5.13. The average Bonchev–Trinajstić information content (AvgIpc) is 2.50. The summed E-state index contributed by atoms with van der Waals surface area (Å²) in [7, 11) is 0. The van der Waals surface area contributed by atoms with Gasteiger partial charge < -0.3 is 10.1 Å². The molecule has 0 aliphatic carbocycles. The van der Waals surface area contributed by atoms with Crippen LogP contribution in [0.25, 0.3) is 0 Å². The molecule has 0 aliphatic rings. The quantitative estimate of drug-likeness (QED) is 0.882. The topological polar surface area (TPSA) is 38.3 Å². The van der Waals surface area contributed by atoms with Crippen molar-refractivity contribution < 1.29 is 9.53 Å². The predicted molar refractivity (Wildman–Crippen MR) is 93.9 cm³/mol. The highest BCUT2D eigenvalue weighted by molar-refractivity contribution is 5.78. The number of carbonyl (C=O) groups is 1. The van der Waals surface area contributed by atoms with Crippen molar-refractivity contribution in [2.75, 3.05) is 6.61 Å². The monoisotopic (exact) mass is 311 g/mol. The number of carbonyl (C=O) groups excluding carboxylic acids is 1. The van der Waals surface area contributed by atoms with E-state index in [2.05, 4.69) is 31.3 Å². The van der Waals surface area contributed by atoms with Crippen molar-refractivity contribution in [2.24, 2.45) is 0 Å². The Hall–Kier alpha value is -2.29. The van der Waals surface area contributed by atoms with Gasteiger partial charge in [-0.25, -0.2) is 0 Å². The standard InChI is InChI=1S/C20H25NO2/c1-14-9-10-18(11-16(14)3)12-20(22)21-17(4)13-23-19-8-6-5-7-15(19)2/h5-11,17H,12-13H2,1-4H3,(H,21,22)/t17-/m1/s1. The number of para-hydroxylation sites is 1. The van der Waals surface area contributed by atoms with E-state index in [-0.39, 0.29) is 11.9 Å². The molecule has 1 N–H and O–H groups in total. The summed E-state index contributed by atoms with van der Waals surface area (Å²) >= 11 is 0. The Kier molecular flexibility index (Phi) is 5.80. The minimum atomic E-state index is -0.0337. The molecule has 122 valence electrons. The summed E-state index contributed by atoms with van der Waals surface area (Å²) in [6.07, 6.45) is 0.399. The van der Waals surface area contributed by atoms with E-state index in [1.807, 2.05) is 44.2 Å². The highest BCUT2D eigenvalue weighted by Crippen LogP contribution is 2.16. The van der Waals surface area contributed by atoms with Gasteiger partial charge in [-0.1, -0.05) is 36.4 Å². The predicted octanol–water partition coefficient (Wildman–Crippen LogP) is 3.74. The summed E-state index contributed by atoms with van der Waals surface area (Å²) in [5, 5.41) is 2.99. The number of rotatable bonds is 6. The largest absolute Gasteiger partial charge is 0.491 e. The summed E-state index contributed by atoms with van der Waals surface area (Å²) in [5.41, 5.74) is 4.60. The first-order valence-electron chi connectivity index (χ1n) is 7.99. The molecule has 2 rings (SSSR count). The van der Waals surface area contributed by atoms with Crippen LogP contribution in [0, 0.1) is 20.8 Å². The molecule has 0 radical (unpaired) electrons. The van der Waals surface area contributed by atoms with Crippen LogP contribution in [-0.4, -0.2) is 18.6 Å². The van der Waals surface area contributed by atoms with Crippen LogP contribution in [-0.2, 0) is 11.2 Å². The van der Waals surface area contributed by atoms with Gasteiger partial charge in [-0.15, -0.1) is 0 Å². The van der Waals surface area contributed by atoms with Crippen LogP contribution in [0.2, 0.25) is 0 Å². The second kappa shape index (κ2) is 7.82. The van der Waals surface area contributed by atoms with Gasteiger partial charge in [0.25, 0.3) is 0 Å². The maximum Gasteiger partial charge on any atom is 0.224 e. The molecule has 0 spiro atoms. The van der Waals surface area contributed by atoms with Gasteiger partial charge in [0, 0.05) is 0 Å². The lowest BCUT2D eigenvalue weighted by Gasteiger charge is -2.16. The molecule has 0 heterocycles. The molecular formula is C20H25NO2.